The van der Waals surface area contributed by atoms with Crippen LogP contribution in [0.4, 0.5) is 0 Å². The van der Waals surface area contributed by atoms with Gasteiger partial charge in [0.25, 0.3) is 5.91 Å². The van der Waals surface area contributed by atoms with Gasteiger partial charge in [-0.1, -0.05) is 18.5 Å². The molecule has 2 aliphatic rings. The number of carbonyl (C=O) groups excluding carboxylic acids is 1. The molecular formula is C14H21N3O2. The minimum Gasteiger partial charge on any atom is -0.360 e. The first-order valence-electron chi connectivity index (χ1n) is 7.13. The smallest absolute Gasteiger partial charge is 0.273 e. The topological polar surface area (TPSA) is 58.4 Å². The highest BCUT2D eigenvalue weighted by Gasteiger charge is 2.32. The van der Waals surface area contributed by atoms with Gasteiger partial charge >= 0.3 is 0 Å². The molecule has 2 fully saturated rings. The number of amides is 1. The average molecular weight is 263 g/mol. The number of carbonyl (C=O) groups is 1. The van der Waals surface area contributed by atoms with E-state index in [0.717, 1.165) is 38.1 Å². The third-order valence-corrected chi connectivity index (χ3v) is 4.21. The Bertz CT molecular complexity index is 467. The first-order chi connectivity index (χ1) is 9.17. The molecule has 0 bridgehead atoms. The summed E-state index contributed by atoms with van der Waals surface area (Å²) in [4.78, 5) is 14.4. The van der Waals surface area contributed by atoms with Crippen molar-refractivity contribution in [1.82, 2.24) is 15.4 Å². The molecule has 0 spiro atoms. The molecule has 5 nitrogen and oxygen atoms in total. The van der Waals surface area contributed by atoms with Crippen LogP contribution in [0.25, 0.3) is 0 Å². The Morgan fingerprint density at radius 1 is 1.53 bits per heavy atom. The second kappa shape index (κ2) is 4.96. The summed E-state index contributed by atoms with van der Waals surface area (Å²) in [6.45, 7) is 4.13. The molecule has 2 heterocycles. The van der Waals surface area contributed by atoms with Crippen LogP contribution in [0.3, 0.4) is 0 Å². The molecule has 104 valence electrons. The van der Waals surface area contributed by atoms with Crippen LogP contribution >= 0.6 is 0 Å². The van der Waals surface area contributed by atoms with Gasteiger partial charge in [-0.25, -0.2) is 0 Å². The number of likely N-dealkylation sites (tertiary alicyclic amines) is 1. The highest BCUT2D eigenvalue weighted by Crippen LogP contribution is 2.40. The summed E-state index contributed by atoms with van der Waals surface area (Å²) in [6.07, 6.45) is 3.39. The predicted molar refractivity (Wildman–Crippen MR) is 71.0 cm³/mol. The van der Waals surface area contributed by atoms with E-state index in [-0.39, 0.29) is 11.9 Å². The summed E-state index contributed by atoms with van der Waals surface area (Å²) in [5.74, 6) is 1.79. The van der Waals surface area contributed by atoms with Crippen molar-refractivity contribution in [2.45, 2.75) is 38.1 Å². The zero-order chi connectivity index (χ0) is 13.4. The van der Waals surface area contributed by atoms with E-state index < -0.39 is 0 Å². The van der Waals surface area contributed by atoms with Gasteiger partial charge in [-0.3, -0.25) is 4.79 Å². The van der Waals surface area contributed by atoms with E-state index >= 15 is 0 Å². The van der Waals surface area contributed by atoms with Crippen LogP contribution in [0.2, 0.25) is 0 Å². The molecule has 5 heteroatoms. The second-order valence-corrected chi connectivity index (χ2v) is 5.86. The zero-order valence-corrected chi connectivity index (χ0v) is 11.6. The van der Waals surface area contributed by atoms with Gasteiger partial charge in [0.15, 0.2) is 5.69 Å². The van der Waals surface area contributed by atoms with Crippen molar-refractivity contribution in [3.05, 3.63) is 17.5 Å². The Hall–Kier alpha value is -1.36. The molecule has 0 aromatic carbocycles. The number of hydrogen-bond donors (Lipinski definition) is 1. The van der Waals surface area contributed by atoms with Crippen molar-refractivity contribution in [2.24, 2.45) is 5.92 Å². The number of aromatic nitrogens is 1. The number of nitrogens with zero attached hydrogens (tertiary/aromatic N) is 2. The van der Waals surface area contributed by atoms with Crippen molar-refractivity contribution >= 4 is 5.91 Å². The fourth-order valence-corrected chi connectivity index (χ4v) is 2.86. The lowest BCUT2D eigenvalue weighted by molar-refractivity contribution is 0.0921. The summed E-state index contributed by atoms with van der Waals surface area (Å²) in [7, 11) is 2.09. The molecule has 0 unspecified atom stereocenters. The maximum Gasteiger partial charge on any atom is 0.273 e. The Morgan fingerprint density at radius 2 is 2.32 bits per heavy atom. The molecular weight excluding hydrogens is 242 g/mol. The number of hydrogen-bond acceptors (Lipinski definition) is 4. The van der Waals surface area contributed by atoms with E-state index in [4.69, 9.17) is 4.52 Å². The Kier molecular flexibility index (Phi) is 3.31. The standard InChI is InChI=1S/C14H21N3O2/c1-3-9-7-17(2)8-12(9)15-14(18)11-6-13(19-16-11)10-4-5-10/h6,9-10,12H,3-5,7-8H2,1-2H3,(H,15,18)/t9-,12-/m1/s1. The van der Waals surface area contributed by atoms with E-state index in [0.29, 0.717) is 17.5 Å². The third-order valence-electron chi connectivity index (χ3n) is 4.21. The molecule has 2 atom stereocenters. The van der Waals surface area contributed by atoms with Crippen molar-refractivity contribution in [3.8, 4) is 0 Å². The van der Waals surface area contributed by atoms with Crippen LogP contribution in [-0.2, 0) is 0 Å². The maximum absolute atomic E-state index is 12.2. The molecule has 1 aromatic rings. The average Bonchev–Trinajstić information content (AvgIpc) is 3.00. The summed E-state index contributed by atoms with van der Waals surface area (Å²) < 4.78 is 5.23. The van der Waals surface area contributed by atoms with E-state index in [1.165, 1.54) is 0 Å². The van der Waals surface area contributed by atoms with Gasteiger partial charge < -0.3 is 14.7 Å². The molecule has 1 saturated carbocycles. The maximum atomic E-state index is 12.2. The number of likely N-dealkylation sites (N-methyl/N-ethyl adjacent to an activating group) is 1. The highest BCUT2D eigenvalue weighted by molar-refractivity contribution is 5.92. The van der Waals surface area contributed by atoms with E-state index in [9.17, 15) is 4.79 Å². The minimum atomic E-state index is -0.102. The first-order valence-corrected chi connectivity index (χ1v) is 7.13. The second-order valence-electron chi connectivity index (χ2n) is 5.86. The van der Waals surface area contributed by atoms with Gasteiger partial charge in [-0.05, 0) is 25.8 Å². The molecule has 1 saturated heterocycles. The SMILES string of the molecule is CC[C@@H]1CN(C)C[C@H]1NC(=O)c1cc(C2CC2)on1. The van der Waals surface area contributed by atoms with Gasteiger partial charge in [0.05, 0.1) is 0 Å². The molecule has 3 rings (SSSR count). The lowest BCUT2D eigenvalue weighted by atomic mass is 10.0. The van der Waals surface area contributed by atoms with Crippen LogP contribution in [0.1, 0.15) is 48.4 Å². The fourth-order valence-electron chi connectivity index (χ4n) is 2.86. The molecule has 1 aromatic heterocycles. The monoisotopic (exact) mass is 263 g/mol. The Morgan fingerprint density at radius 3 is 3.00 bits per heavy atom. The lowest BCUT2D eigenvalue weighted by Crippen LogP contribution is -2.40. The number of rotatable bonds is 4. The van der Waals surface area contributed by atoms with E-state index in [2.05, 4.69) is 29.3 Å². The van der Waals surface area contributed by atoms with Crippen molar-refractivity contribution in [2.75, 3.05) is 20.1 Å². The minimum absolute atomic E-state index is 0.102. The molecule has 1 aliphatic carbocycles. The van der Waals surface area contributed by atoms with Crippen molar-refractivity contribution in [3.63, 3.8) is 0 Å². The molecule has 1 N–H and O–H groups in total. The van der Waals surface area contributed by atoms with Crippen LogP contribution in [0, 0.1) is 5.92 Å². The van der Waals surface area contributed by atoms with Gasteiger partial charge in [0.1, 0.15) is 5.76 Å². The Balaban J connectivity index is 1.63. The van der Waals surface area contributed by atoms with Gasteiger partial charge in [-0.2, -0.15) is 0 Å². The summed E-state index contributed by atoms with van der Waals surface area (Å²) in [6, 6.07) is 2.02. The highest BCUT2D eigenvalue weighted by atomic mass is 16.5. The van der Waals surface area contributed by atoms with Gasteiger partial charge in [-0.15, -0.1) is 0 Å². The van der Waals surface area contributed by atoms with Crippen molar-refractivity contribution < 1.29 is 9.32 Å². The van der Waals surface area contributed by atoms with Crippen LogP contribution in [-0.4, -0.2) is 42.1 Å². The van der Waals surface area contributed by atoms with Crippen LogP contribution < -0.4 is 5.32 Å². The van der Waals surface area contributed by atoms with Gasteiger partial charge in [0.2, 0.25) is 0 Å². The predicted octanol–water partition coefficient (Wildman–Crippen LogP) is 1.62. The Labute approximate surface area is 113 Å². The lowest BCUT2D eigenvalue weighted by Gasteiger charge is -2.17. The third kappa shape index (κ3) is 2.66. The quantitative estimate of drug-likeness (QED) is 0.897. The molecule has 19 heavy (non-hydrogen) atoms. The molecule has 1 amide bonds. The largest absolute Gasteiger partial charge is 0.360 e. The van der Waals surface area contributed by atoms with Crippen LogP contribution in [0.15, 0.2) is 10.6 Å². The summed E-state index contributed by atoms with van der Waals surface area (Å²) in [5.41, 5.74) is 0.423. The fraction of sp³-hybridized carbons (Fsp3) is 0.714. The molecule has 0 radical (unpaired) electrons. The number of nitrogens with one attached hydrogen (secondary N) is 1. The summed E-state index contributed by atoms with van der Waals surface area (Å²) in [5, 5.41) is 6.98. The van der Waals surface area contributed by atoms with Crippen LogP contribution in [0.5, 0.6) is 0 Å². The van der Waals surface area contributed by atoms with Crippen molar-refractivity contribution in [1.29, 1.82) is 0 Å². The van der Waals surface area contributed by atoms with E-state index in [1.54, 1.807) is 6.07 Å². The van der Waals surface area contributed by atoms with Gasteiger partial charge in [0, 0.05) is 31.1 Å². The van der Waals surface area contributed by atoms with E-state index in [1.807, 2.05) is 0 Å². The molecule has 1 aliphatic heterocycles. The summed E-state index contributed by atoms with van der Waals surface area (Å²) >= 11 is 0. The first kappa shape index (κ1) is 12.7. The normalized spacial score (nSPS) is 27.7. The zero-order valence-electron chi connectivity index (χ0n) is 11.6.